The molecule has 134 valence electrons. The fourth-order valence-electron chi connectivity index (χ4n) is 5.73. The molecule has 0 bridgehead atoms. The van der Waals surface area contributed by atoms with Gasteiger partial charge in [-0.3, -0.25) is 0 Å². The van der Waals surface area contributed by atoms with Crippen molar-refractivity contribution in [3.05, 3.63) is 29.3 Å². The highest BCUT2D eigenvalue weighted by atomic mass is 15.2. The summed E-state index contributed by atoms with van der Waals surface area (Å²) in [6.45, 7) is 13.4. The molecular weight excluding hydrogens is 290 g/mol. The van der Waals surface area contributed by atoms with Crippen LogP contribution in [0.4, 0.5) is 5.69 Å². The molecule has 0 spiro atoms. The Hall–Kier alpha value is -0.980. The maximum Gasteiger partial charge on any atom is 0.0435 e. The predicted molar refractivity (Wildman–Crippen MR) is 106 cm³/mol. The highest BCUT2D eigenvalue weighted by Crippen LogP contribution is 2.52. The molecule has 1 atom stereocenters. The van der Waals surface area contributed by atoms with Gasteiger partial charge >= 0.3 is 0 Å². The minimum Gasteiger partial charge on any atom is -0.365 e. The van der Waals surface area contributed by atoms with Crippen LogP contribution in [0.2, 0.25) is 0 Å². The number of nitrogens with zero attached hydrogens (tertiary/aromatic N) is 1. The lowest BCUT2D eigenvalue weighted by atomic mass is 9.67. The second-order valence-electron chi connectivity index (χ2n) is 9.20. The van der Waals surface area contributed by atoms with E-state index in [1.54, 1.807) is 5.69 Å². The Morgan fingerprint density at radius 3 is 2.08 bits per heavy atom. The van der Waals surface area contributed by atoms with Crippen molar-refractivity contribution in [2.75, 3.05) is 11.4 Å². The fraction of sp³-hybridized carbons (Fsp3) is 0.739. The molecule has 3 rings (SSSR count). The van der Waals surface area contributed by atoms with Crippen molar-refractivity contribution in [1.29, 1.82) is 0 Å². The van der Waals surface area contributed by atoms with Crippen molar-refractivity contribution in [3.63, 3.8) is 0 Å². The third-order valence-electron chi connectivity index (χ3n) is 6.91. The van der Waals surface area contributed by atoms with Gasteiger partial charge in [0.2, 0.25) is 0 Å². The topological polar surface area (TPSA) is 3.24 Å². The largest absolute Gasteiger partial charge is 0.365 e. The smallest absolute Gasteiger partial charge is 0.0435 e. The Morgan fingerprint density at radius 2 is 1.54 bits per heavy atom. The molecule has 0 radical (unpaired) electrons. The van der Waals surface area contributed by atoms with Crippen LogP contribution in [-0.4, -0.2) is 12.1 Å². The van der Waals surface area contributed by atoms with Crippen LogP contribution in [0, 0.1) is 11.3 Å². The Labute approximate surface area is 149 Å². The van der Waals surface area contributed by atoms with Crippen LogP contribution in [0.1, 0.15) is 84.3 Å². The lowest BCUT2D eigenvalue weighted by Crippen LogP contribution is -2.39. The van der Waals surface area contributed by atoms with Gasteiger partial charge in [-0.05, 0) is 68.4 Å². The summed E-state index contributed by atoms with van der Waals surface area (Å²) in [5.41, 5.74) is 5.38. The summed E-state index contributed by atoms with van der Waals surface area (Å²) in [5.74, 6) is 0.925. The fourth-order valence-corrected chi connectivity index (χ4v) is 5.73. The minimum atomic E-state index is 0.265. The van der Waals surface area contributed by atoms with Crippen molar-refractivity contribution >= 4 is 5.69 Å². The first-order valence-corrected chi connectivity index (χ1v) is 10.3. The van der Waals surface area contributed by atoms with Crippen molar-refractivity contribution in [2.24, 2.45) is 11.3 Å². The van der Waals surface area contributed by atoms with Crippen molar-refractivity contribution in [2.45, 2.75) is 91.5 Å². The van der Waals surface area contributed by atoms with Crippen molar-refractivity contribution in [3.8, 4) is 0 Å². The van der Waals surface area contributed by atoms with Crippen LogP contribution in [0.25, 0.3) is 0 Å². The molecule has 1 heteroatoms. The highest BCUT2D eigenvalue weighted by molar-refractivity contribution is 5.62. The molecule has 1 nitrogen and oxygen atoms in total. The molecule has 1 aromatic carbocycles. The summed E-state index contributed by atoms with van der Waals surface area (Å²) in [6.07, 6.45) is 10.9. The molecule has 0 N–H and O–H groups in total. The molecular formula is C23H37N. The second kappa shape index (κ2) is 6.73. The lowest BCUT2D eigenvalue weighted by Gasteiger charge is -2.37. The number of aryl methyl sites for hydroxylation is 2. The molecule has 2 aliphatic rings. The number of hydrogen-bond acceptors (Lipinski definition) is 1. The summed E-state index contributed by atoms with van der Waals surface area (Å²) in [7, 11) is 0. The van der Waals surface area contributed by atoms with Gasteiger partial charge in [-0.1, -0.05) is 58.2 Å². The van der Waals surface area contributed by atoms with E-state index >= 15 is 0 Å². The zero-order valence-corrected chi connectivity index (χ0v) is 16.6. The highest BCUT2D eigenvalue weighted by Gasteiger charge is 2.49. The average Bonchev–Trinajstić information content (AvgIpc) is 2.84. The summed E-state index contributed by atoms with van der Waals surface area (Å²) >= 11 is 0. The molecule has 0 aromatic heterocycles. The van der Waals surface area contributed by atoms with Gasteiger partial charge in [-0.2, -0.15) is 0 Å². The summed E-state index contributed by atoms with van der Waals surface area (Å²) in [5, 5.41) is 0. The van der Waals surface area contributed by atoms with E-state index in [-0.39, 0.29) is 5.54 Å². The van der Waals surface area contributed by atoms with Crippen LogP contribution < -0.4 is 4.90 Å². The SMILES string of the molecule is CCc1cccc(CC)c1N1C[C@@](C)(C2CCCCC2)CC1(C)C. The average molecular weight is 328 g/mol. The van der Waals surface area contributed by atoms with E-state index in [1.807, 2.05) is 0 Å². The molecule has 2 fully saturated rings. The van der Waals surface area contributed by atoms with E-state index in [4.69, 9.17) is 0 Å². The molecule has 1 aliphatic heterocycles. The first kappa shape index (κ1) is 17.8. The molecule has 0 unspecified atom stereocenters. The number of benzene rings is 1. The Morgan fingerprint density at radius 1 is 0.958 bits per heavy atom. The third-order valence-corrected chi connectivity index (χ3v) is 6.91. The molecule has 24 heavy (non-hydrogen) atoms. The van der Waals surface area contributed by atoms with Gasteiger partial charge in [0, 0.05) is 17.8 Å². The van der Waals surface area contributed by atoms with Crippen LogP contribution in [0.5, 0.6) is 0 Å². The van der Waals surface area contributed by atoms with E-state index in [9.17, 15) is 0 Å². The van der Waals surface area contributed by atoms with Gasteiger partial charge in [0.15, 0.2) is 0 Å². The lowest BCUT2D eigenvalue weighted by molar-refractivity contribution is 0.151. The Bertz CT molecular complexity index is 545. The molecule has 1 saturated heterocycles. The normalized spacial score (nSPS) is 27.6. The van der Waals surface area contributed by atoms with Crippen LogP contribution in [0.3, 0.4) is 0 Å². The molecule has 1 aromatic rings. The van der Waals surface area contributed by atoms with Crippen LogP contribution in [0.15, 0.2) is 18.2 Å². The molecule has 1 saturated carbocycles. The van der Waals surface area contributed by atoms with E-state index in [0.29, 0.717) is 5.41 Å². The maximum absolute atomic E-state index is 2.79. The standard InChI is InChI=1S/C23H37N/c1-6-18-12-11-13-19(7-2)21(18)24-17-23(5,16-22(24,3)4)20-14-9-8-10-15-20/h11-13,20H,6-10,14-17H2,1-5H3/t23-/m0/s1. The van der Waals surface area contributed by atoms with Crippen molar-refractivity contribution in [1.82, 2.24) is 0 Å². The number of rotatable bonds is 4. The van der Waals surface area contributed by atoms with Gasteiger partial charge in [0.05, 0.1) is 0 Å². The summed E-state index contributed by atoms with van der Waals surface area (Å²) < 4.78 is 0. The Balaban J connectivity index is 1.97. The quantitative estimate of drug-likeness (QED) is 0.619. The molecule has 1 aliphatic carbocycles. The zero-order chi connectivity index (χ0) is 17.4. The van der Waals surface area contributed by atoms with Gasteiger partial charge in [-0.25, -0.2) is 0 Å². The number of para-hydroxylation sites is 1. The van der Waals surface area contributed by atoms with Crippen LogP contribution >= 0.6 is 0 Å². The molecule has 0 amide bonds. The van der Waals surface area contributed by atoms with Gasteiger partial charge < -0.3 is 4.90 Å². The molecule has 1 heterocycles. The maximum atomic E-state index is 2.79. The summed E-state index contributed by atoms with van der Waals surface area (Å²) in [4.78, 5) is 2.79. The summed E-state index contributed by atoms with van der Waals surface area (Å²) in [6, 6.07) is 6.95. The first-order chi connectivity index (χ1) is 11.4. The minimum absolute atomic E-state index is 0.265. The number of hydrogen-bond donors (Lipinski definition) is 0. The van der Waals surface area contributed by atoms with Gasteiger partial charge in [-0.15, -0.1) is 0 Å². The predicted octanol–water partition coefficient (Wildman–Crippen LogP) is 6.39. The van der Waals surface area contributed by atoms with E-state index in [1.165, 1.54) is 56.2 Å². The zero-order valence-electron chi connectivity index (χ0n) is 16.6. The van der Waals surface area contributed by atoms with Crippen molar-refractivity contribution < 1.29 is 0 Å². The van der Waals surface area contributed by atoms with E-state index in [2.05, 4.69) is 57.7 Å². The number of anilines is 1. The third kappa shape index (κ3) is 3.11. The Kier molecular flexibility index (Phi) is 5.00. The first-order valence-electron chi connectivity index (χ1n) is 10.3. The van der Waals surface area contributed by atoms with E-state index < -0.39 is 0 Å². The van der Waals surface area contributed by atoms with Gasteiger partial charge in [0.25, 0.3) is 0 Å². The van der Waals surface area contributed by atoms with Gasteiger partial charge in [0.1, 0.15) is 0 Å². The van der Waals surface area contributed by atoms with Crippen LogP contribution in [-0.2, 0) is 12.8 Å². The monoisotopic (exact) mass is 327 g/mol. The van der Waals surface area contributed by atoms with E-state index in [0.717, 1.165) is 18.8 Å². The second-order valence-corrected chi connectivity index (χ2v) is 9.20.